The molecular weight excluding hydrogens is 238 g/mol. The van der Waals surface area contributed by atoms with E-state index in [2.05, 4.69) is 13.0 Å². The van der Waals surface area contributed by atoms with E-state index in [1.807, 2.05) is 30.3 Å². The molecule has 3 heteroatoms. The molecule has 1 saturated carbocycles. The second-order valence-corrected chi connectivity index (χ2v) is 5.82. The Hall–Kier alpha value is -1.90. The molecular formula is C16H15NO2. The number of carbonyl (C=O) groups excluding carboxylic acids is 2. The van der Waals surface area contributed by atoms with Crippen LogP contribution in [-0.4, -0.2) is 11.8 Å². The van der Waals surface area contributed by atoms with Gasteiger partial charge in [-0.25, -0.2) is 0 Å². The predicted molar refractivity (Wildman–Crippen MR) is 71.3 cm³/mol. The van der Waals surface area contributed by atoms with E-state index in [0.29, 0.717) is 11.6 Å². The van der Waals surface area contributed by atoms with Gasteiger partial charge in [0.25, 0.3) is 0 Å². The fraction of sp³-hybridized carbons (Fsp3) is 0.375. The number of benzene rings is 1. The molecule has 2 bridgehead atoms. The van der Waals surface area contributed by atoms with Crippen molar-refractivity contribution in [3.8, 4) is 0 Å². The van der Waals surface area contributed by atoms with Gasteiger partial charge in [-0.05, 0) is 37.3 Å². The van der Waals surface area contributed by atoms with Crippen LogP contribution in [0, 0.1) is 23.7 Å². The monoisotopic (exact) mass is 253 g/mol. The van der Waals surface area contributed by atoms with Crippen LogP contribution in [0.15, 0.2) is 42.0 Å². The molecule has 1 aromatic rings. The molecule has 19 heavy (non-hydrogen) atoms. The zero-order valence-corrected chi connectivity index (χ0v) is 10.7. The topological polar surface area (TPSA) is 37.4 Å². The Labute approximate surface area is 111 Å². The number of carbonyl (C=O) groups is 2. The van der Waals surface area contributed by atoms with Crippen LogP contribution in [0.25, 0.3) is 0 Å². The first-order valence-electron chi connectivity index (χ1n) is 6.79. The number of allylic oxidation sites excluding steroid dienone is 2. The molecule has 1 saturated heterocycles. The van der Waals surface area contributed by atoms with Crippen LogP contribution in [0.3, 0.4) is 0 Å². The van der Waals surface area contributed by atoms with Crippen LogP contribution in [0.2, 0.25) is 0 Å². The van der Waals surface area contributed by atoms with E-state index in [0.717, 1.165) is 6.42 Å². The number of para-hydroxylation sites is 1. The SMILES string of the molecule is CC1=CC2CC1C1C(=O)N(c3ccccc3)C(=O)C21. The van der Waals surface area contributed by atoms with Crippen molar-refractivity contribution in [3.05, 3.63) is 42.0 Å². The van der Waals surface area contributed by atoms with E-state index < -0.39 is 0 Å². The summed E-state index contributed by atoms with van der Waals surface area (Å²) in [6.07, 6.45) is 3.19. The molecule has 0 N–H and O–H groups in total. The van der Waals surface area contributed by atoms with Gasteiger partial charge in [-0.1, -0.05) is 29.8 Å². The highest BCUT2D eigenvalue weighted by atomic mass is 16.2. The van der Waals surface area contributed by atoms with Gasteiger partial charge in [-0.15, -0.1) is 0 Å². The summed E-state index contributed by atoms with van der Waals surface area (Å²) in [5.74, 6) is 0.350. The molecule has 2 amide bonds. The molecule has 1 aliphatic heterocycles. The van der Waals surface area contributed by atoms with Crippen molar-refractivity contribution in [3.63, 3.8) is 0 Å². The van der Waals surface area contributed by atoms with Gasteiger partial charge < -0.3 is 0 Å². The number of hydrogen-bond donors (Lipinski definition) is 0. The Kier molecular flexibility index (Phi) is 2.06. The molecule has 1 heterocycles. The molecule has 1 aromatic carbocycles. The maximum absolute atomic E-state index is 12.6. The van der Waals surface area contributed by atoms with Crippen molar-refractivity contribution in [1.29, 1.82) is 0 Å². The van der Waals surface area contributed by atoms with Crippen molar-refractivity contribution in [2.45, 2.75) is 13.3 Å². The first-order valence-corrected chi connectivity index (χ1v) is 6.79. The quantitative estimate of drug-likeness (QED) is 0.569. The summed E-state index contributed by atoms with van der Waals surface area (Å²) in [7, 11) is 0. The van der Waals surface area contributed by atoms with Crippen LogP contribution in [0.1, 0.15) is 13.3 Å². The standard InChI is InChI=1S/C16H15NO2/c1-9-7-10-8-12(9)14-13(10)15(18)17(16(14)19)11-5-3-2-4-6-11/h2-7,10,12-14H,8H2,1H3. The van der Waals surface area contributed by atoms with Gasteiger partial charge in [0.15, 0.2) is 0 Å². The fourth-order valence-corrected chi connectivity index (χ4v) is 4.11. The number of hydrogen-bond acceptors (Lipinski definition) is 2. The van der Waals surface area contributed by atoms with E-state index in [1.165, 1.54) is 10.5 Å². The normalized spacial score (nSPS) is 35.8. The second kappa shape index (κ2) is 3.56. The summed E-state index contributed by atoms with van der Waals surface area (Å²) >= 11 is 0. The van der Waals surface area contributed by atoms with E-state index >= 15 is 0 Å². The second-order valence-electron chi connectivity index (χ2n) is 5.82. The molecule has 0 aromatic heterocycles. The van der Waals surface area contributed by atoms with Gasteiger partial charge in [0.2, 0.25) is 11.8 Å². The van der Waals surface area contributed by atoms with Crippen LogP contribution in [0.4, 0.5) is 5.69 Å². The Balaban J connectivity index is 1.77. The van der Waals surface area contributed by atoms with Crippen LogP contribution < -0.4 is 4.90 Å². The molecule has 0 spiro atoms. The van der Waals surface area contributed by atoms with Gasteiger partial charge in [-0.2, -0.15) is 0 Å². The molecule has 3 aliphatic rings. The first-order chi connectivity index (χ1) is 9.18. The van der Waals surface area contributed by atoms with Crippen molar-refractivity contribution in [2.24, 2.45) is 23.7 Å². The summed E-state index contributed by atoms with van der Waals surface area (Å²) < 4.78 is 0. The summed E-state index contributed by atoms with van der Waals surface area (Å²) in [6.45, 7) is 2.09. The lowest BCUT2D eigenvalue weighted by Crippen LogP contribution is -2.32. The lowest BCUT2D eigenvalue weighted by atomic mass is 9.82. The lowest BCUT2D eigenvalue weighted by molar-refractivity contribution is -0.123. The average molecular weight is 253 g/mol. The minimum Gasteiger partial charge on any atom is -0.274 e. The molecule has 2 fully saturated rings. The van der Waals surface area contributed by atoms with Crippen LogP contribution >= 0.6 is 0 Å². The average Bonchev–Trinajstić information content (AvgIpc) is 3.02. The minimum absolute atomic E-state index is 0.00106. The van der Waals surface area contributed by atoms with Gasteiger partial charge in [0.1, 0.15) is 0 Å². The zero-order valence-electron chi connectivity index (χ0n) is 10.7. The lowest BCUT2D eigenvalue weighted by Gasteiger charge is -2.19. The van der Waals surface area contributed by atoms with Crippen LogP contribution in [-0.2, 0) is 9.59 Å². The van der Waals surface area contributed by atoms with E-state index in [4.69, 9.17) is 0 Å². The van der Waals surface area contributed by atoms with Crippen LogP contribution in [0.5, 0.6) is 0 Å². The predicted octanol–water partition coefficient (Wildman–Crippen LogP) is 2.39. The Morgan fingerprint density at radius 3 is 2.47 bits per heavy atom. The number of amides is 2. The van der Waals surface area contributed by atoms with Gasteiger partial charge in [0.05, 0.1) is 17.5 Å². The van der Waals surface area contributed by atoms with Gasteiger partial charge >= 0.3 is 0 Å². The Morgan fingerprint density at radius 1 is 1.05 bits per heavy atom. The summed E-state index contributed by atoms with van der Waals surface area (Å²) in [4.78, 5) is 26.6. The Morgan fingerprint density at radius 2 is 1.74 bits per heavy atom. The number of anilines is 1. The summed E-state index contributed by atoms with van der Waals surface area (Å²) in [5.41, 5.74) is 2.01. The van der Waals surface area contributed by atoms with Crippen molar-refractivity contribution < 1.29 is 9.59 Å². The van der Waals surface area contributed by atoms with Crippen molar-refractivity contribution in [2.75, 3.05) is 4.90 Å². The molecule has 3 nitrogen and oxygen atoms in total. The number of imide groups is 1. The highest BCUT2D eigenvalue weighted by Gasteiger charge is 2.60. The first kappa shape index (κ1) is 11.0. The third kappa shape index (κ3) is 1.28. The fourth-order valence-electron chi connectivity index (χ4n) is 4.11. The number of nitrogens with zero attached hydrogens (tertiary/aromatic N) is 1. The van der Waals surface area contributed by atoms with E-state index in [9.17, 15) is 9.59 Å². The summed E-state index contributed by atoms with van der Waals surface area (Å²) in [6, 6.07) is 9.28. The molecule has 96 valence electrons. The zero-order chi connectivity index (χ0) is 13.1. The smallest absolute Gasteiger partial charge is 0.238 e. The minimum atomic E-state index is -0.110. The highest BCUT2D eigenvalue weighted by Crippen LogP contribution is 2.55. The molecule has 2 aliphatic carbocycles. The number of rotatable bonds is 1. The molecule has 4 atom stereocenters. The van der Waals surface area contributed by atoms with Crippen molar-refractivity contribution >= 4 is 17.5 Å². The molecule has 4 rings (SSSR count). The van der Waals surface area contributed by atoms with Gasteiger partial charge in [0, 0.05) is 0 Å². The maximum atomic E-state index is 12.6. The third-order valence-electron chi connectivity index (χ3n) is 4.90. The molecule has 4 unspecified atom stereocenters. The highest BCUT2D eigenvalue weighted by molar-refractivity contribution is 6.22. The van der Waals surface area contributed by atoms with E-state index in [-0.39, 0.29) is 29.6 Å². The van der Waals surface area contributed by atoms with E-state index in [1.54, 1.807) is 0 Å². The third-order valence-corrected chi connectivity index (χ3v) is 4.90. The maximum Gasteiger partial charge on any atom is 0.238 e. The Bertz CT molecular complexity index is 604. The summed E-state index contributed by atoms with van der Waals surface area (Å²) in [5, 5.41) is 0. The molecule has 0 radical (unpaired) electrons. The number of fused-ring (bicyclic) bond motifs is 5. The van der Waals surface area contributed by atoms with Gasteiger partial charge in [-0.3, -0.25) is 14.5 Å². The largest absolute Gasteiger partial charge is 0.274 e. The van der Waals surface area contributed by atoms with Crippen molar-refractivity contribution in [1.82, 2.24) is 0 Å².